The van der Waals surface area contributed by atoms with E-state index < -0.39 is 0 Å². The summed E-state index contributed by atoms with van der Waals surface area (Å²) in [7, 11) is 0. The van der Waals surface area contributed by atoms with Gasteiger partial charge in [-0.15, -0.1) is 0 Å². The van der Waals surface area contributed by atoms with E-state index in [0.717, 1.165) is 5.56 Å². The lowest BCUT2D eigenvalue weighted by molar-refractivity contribution is 0.0950. The molecule has 0 radical (unpaired) electrons. The highest BCUT2D eigenvalue weighted by Crippen LogP contribution is 2.02. The van der Waals surface area contributed by atoms with E-state index in [2.05, 4.69) is 27.1 Å². The molecule has 2 aromatic rings. The van der Waals surface area contributed by atoms with Crippen molar-refractivity contribution >= 4 is 5.91 Å². The molecule has 2 rings (SSSR count). The van der Waals surface area contributed by atoms with Crippen LogP contribution >= 0.6 is 0 Å². The normalized spacial score (nSPS) is 9.45. The molecule has 0 aliphatic rings. The van der Waals surface area contributed by atoms with Crippen molar-refractivity contribution in [3.8, 4) is 11.8 Å². The summed E-state index contributed by atoms with van der Waals surface area (Å²) in [5, 5.41) is 2.82. The maximum atomic E-state index is 12.0. The van der Waals surface area contributed by atoms with Crippen LogP contribution in [0.5, 0.6) is 0 Å². The van der Waals surface area contributed by atoms with Gasteiger partial charge in [-0.05, 0) is 23.8 Å². The third-order valence-corrected chi connectivity index (χ3v) is 2.54. The monoisotopic (exact) mass is 266 g/mol. The van der Waals surface area contributed by atoms with Gasteiger partial charge >= 0.3 is 0 Å². The quantitative estimate of drug-likeness (QED) is 0.802. The summed E-state index contributed by atoms with van der Waals surface area (Å²) in [6, 6.07) is 5.39. The second-order valence-corrected chi connectivity index (χ2v) is 4.01. The van der Waals surface area contributed by atoms with Crippen molar-refractivity contribution < 1.29 is 4.79 Å². The number of hydrogen-bond acceptors (Lipinski definition) is 4. The van der Waals surface area contributed by atoms with Crippen LogP contribution in [-0.4, -0.2) is 22.4 Å². The van der Waals surface area contributed by atoms with Crippen molar-refractivity contribution in [2.45, 2.75) is 6.54 Å². The molecule has 0 aliphatic heterocycles. The van der Waals surface area contributed by atoms with Crippen LogP contribution in [0.25, 0.3) is 0 Å². The Labute approximate surface area is 117 Å². The van der Waals surface area contributed by atoms with Gasteiger partial charge in [0.1, 0.15) is 0 Å². The van der Waals surface area contributed by atoms with Crippen LogP contribution < -0.4 is 11.1 Å². The highest BCUT2D eigenvalue weighted by molar-refractivity contribution is 5.94. The highest BCUT2D eigenvalue weighted by atomic mass is 16.1. The number of carbonyl (C=O) groups excluding carboxylic acids is 1. The topological polar surface area (TPSA) is 80.9 Å². The first-order chi connectivity index (χ1) is 9.79. The van der Waals surface area contributed by atoms with Crippen LogP contribution in [0.15, 0.2) is 43.0 Å². The lowest BCUT2D eigenvalue weighted by Gasteiger charge is -2.05. The Morgan fingerprint density at radius 3 is 2.80 bits per heavy atom. The molecule has 20 heavy (non-hydrogen) atoms. The van der Waals surface area contributed by atoms with Crippen molar-refractivity contribution in [2.75, 3.05) is 6.54 Å². The summed E-state index contributed by atoms with van der Waals surface area (Å²) in [6.45, 7) is 0.721. The van der Waals surface area contributed by atoms with E-state index in [1.807, 2.05) is 12.1 Å². The average molecular weight is 266 g/mol. The minimum Gasteiger partial charge on any atom is -0.348 e. The van der Waals surface area contributed by atoms with E-state index in [1.165, 1.54) is 6.20 Å². The molecular weight excluding hydrogens is 252 g/mol. The highest BCUT2D eigenvalue weighted by Gasteiger charge is 2.06. The van der Waals surface area contributed by atoms with Gasteiger partial charge in [0, 0.05) is 36.9 Å². The van der Waals surface area contributed by atoms with Crippen LogP contribution in [0.4, 0.5) is 0 Å². The van der Waals surface area contributed by atoms with E-state index in [0.29, 0.717) is 17.7 Å². The number of carbonyl (C=O) groups is 1. The fraction of sp³-hybridized carbons (Fsp3) is 0.133. The fourth-order valence-corrected chi connectivity index (χ4v) is 1.57. The number of pyridine rings is 2. The van der Waals surface area contributed by atoms with Gasteiger partial charge in [-0.1, -0.05) is 11.8 Å². The van der Waals surface area contributed by atoms with Crippen LogP contribution in [-0.2, 0) is 6.54 Å². The van der Waals surface area contributed by atoms with E-state index in [1.54, 1.807) is 24.7 Å². The third-order valence-electron chi connectivity index (χ3n) is 2.54. The summed E-state index contributed by atoms with van der Waals surface area (Å²) in [5.41, 5.74) is 7.44. The summed E-state index contributed by atoms with van der Waals surface area (Å²) in [6.07, 6.45) is 6.48. The number of nitrogens with one attached hydrogen (secondary N) is 1. The summed E-state index contributed by atoms with van der Waals surface area (Å²) in [5.74, 6) is 5.39. The smallest absolute Gasteiger partial charge is 0.253 e. The molecule has 5 heteroatoms. The zero-order valence-electron chi connectivity index (χ0n) is 10.8. The van der Waals surface area contributed by atoms with Gasteiger partial charge in [-0.2, -0.15) is 0 Å². The molecule has 0 spiro atoms. The van der Waals surface area contributed by atoms with Crippen LogP contribution in [0, 0.1) is 11.8 Å². The molecule has 0 aromatic carbocycles. The summed E-state index contributed by atoms with van der Waals surface area (Å²) in [4.78, 5) is 19.9. The molecule has 100 valence electrons. The first-order valence-electron chi connectivity index (χ1n) is 6.10. The Balaban J connectivity index is 2.02. The maximum Gasteiger partial charge on any atom is 0.253 e. The van der Waals surface area contributed by atoms with Crippen molar-refractivity contribution in [2.24, 2.45) is 5.73 Å². The van der Waals surface area contributed by atoms with Crippen molar-refractivity contribution in [1.82, 2.24) is 15.3 Å². The van der Waals surface area contributed by atoms with Crippen molar-refractivity contribution in [3.63, 3.8) is 0 Å². The first kappa shape index (κ1) is 13.7. The Bertz CT molecular complexity index is 644. The molecule has 0 saturated heterocycles. The Morgan fingerprint density at radius 1 is 1.25 bits per heavy atom. The molecule has 0 fully saturated rings. The van der Waals surface area contributed by atoms with Gasteiger partial charge in [0.2, 0.25) is 0 Å². The van der Waals surface area contributed by atoms with Crippen molar-refractivity contribution in [1.29, 1.82) is 0 Å². The van der Waals surface area contributed by atoms with Crippen LogP contribution in [0.3, 0.4) is 0 Å². The number of hydrogen-bond donors (Lipinski definition) is 2. The SMILES string of the molecule is NCC#Cc1cncc(C(=O)NCc2ccncc2)c1. The van der Waals surface area contributed by atoms with Gasteiger partial charge in [-0.25, -0.2) is 0 Å². The summed E-state index contributed by atoms with van der Waals surface area (Å²) < 4.78 is 0. The standard InChI is InChI=1S/C15H14N4O/c16-5-1-2-13-8-14(11-18-9-13)15(20)19-10-12-3-6-17-7-4-12/h3-4,6-9,11H,5,10,16H2,(H,19,20). The molecule has 1 amide bonds. The lowest BCUT2D eigenvalue weighted by Crippen LogP contribution is -2.23. The van der Waals surface area contributed by atoms with Crippen LogP contribution in [0.2, 0.25) is 0 Å². The molecule has 0 atom stereocenters. The first-order valence-corrected chi connectivity index (χ1v) is 6.10. The Hall–Kier alpha value is -2.71. The minimum atomic E-state index is -0.189. The molecule has 0 saturated carbocycles. The number of amides is 1. The molecule has 0 aliphatic carbocycles. The predicted octanol–water partition coefficient (Wildman–Crippen LogP) is 0.717. The number of nitrogens with two attached hydrogens (primary N) is 1. The number of rotatable bonds is 3. The Kier molecular flexibility index (Phi) is 4.81. The average Bonchev–Trinajstić information content (AvgIpc) is 2.52. The van der Waals surface area contributed by atoms with Gasteiger partial charge in [-0.3, -0.25) is 14.8 Å². The van der Waals surface area contributed by atoms with E-state index in [4.69, 9.17) is 5.73 Å². The van der Waals surface area contributed by atoms with Crippen LogP contribution in [0.1, 0.15) is 21.5 Å². The minimum absolute atomic E-state index is 0.189. The predicted molar refractivity (Wildman–Crippen MR) is 75.6 cm³/mol. The van der Waals surface area contributed by atoms with Gasteiger partial charge in [0.05, 0.1) is 12.1 Å². The van der Waals surface area contributed by atoms with E-state index in [9.17, 15) is 4.79 Å². The molecule has 0 bridgehead atoms. The van der Waals surface area contributed by atoms with E-state index >= 15 is 0 Å². The Morgan fingerprint density at radius 2 is 2.05 bits per heavy atom. The molecular formula is C15H14N4O. The van der Waals surface area contributed by atoms with Gasteiger partial charge < -0.3 is 11.1 Å². The number of nitrogens with zero attached hydrogens (tertiary/aromatic N) is 2. The lowest BCUT2D eigenvalue weighted by atomic mass is 10.2. The van der Waals surface area contributed by atoms with Gasteiger partial charge in [0.25, 0.3) is 5.91 Å². The zero-order valence-corrected chi connectivity index (χ0v) is 10.8. The third kappa shape index (κ3) is 3.90. The molecule has 5 nitrogen and oxygen atoms in total. The second kappa shape index (κ2) is 7.02. The van der Waals surface area contributed by atoms with Crippen molar-refractivity contribution in [3.05, 3.63) is 59.7 Å². The zero-order chi connectivity index (χ0) is 14.2. The molecule has 2 heterocycles. The summed E-state index contributed by atoms with van der Waals surface area (Å²) >= 11 is 0. The molecule has 3 N–H and O–H groups in total. The maximum absolute atomic E-state index is 12.0. The number of aromatic nitrogens is 2. The van der Waals surface area contributed by atoms with E-state index in [-0.39, 0.29) is 12.5 Å². The van der Waals surface area contributed by atoms with Gasteiger partial charge in [0.15, 0.2) is 0 Å². The molecule has 0 unspecified atom stereocenters. The molecule has 2 aromatic heterocycles. The largest absolute Gasteiger partial charge is 0.348 e. The fourth-order valence-electron chi connectivity index (χ4n) is 1.57. The second-order valence-electron chi connectivity index (χ2n) is 4.01.